The number of rotatable bonds is 4. The van der Waals surface area contributed by atoms with Crippen molar-refractivity contribution < 1.29 is 13.2 Å². The number of carbonyl (C=O) groups is 1. The van der Waals surface area contributed by atoms with Crippen LogP contribution in [0.4, 0.5) is 0 Å². The first kappa shape index (κ1) is 22.3. The minimum atomic E-state index is -3.77. The van der Waals surface area contributed by atoms with Crippen molar-refractivity contribution in [3.63, 3.8) is 0 Å². The lowest BCUT2D eigenvalue weighted by atomic mass is 9.94. The van der Waals surface area contributed by atoms with Crippen LogP contribution in [-0.4, -0.2) is 64.7 Å². The second kappa shape index (κ2) is 8.39. The average Bonchev–Trinajstić information content (AvgIpc) is 2.72. The Labute approximate surface area is 178 Å². The number of carbonyl (C=O) groups excluding carboxylic acids is 1. The van der Waals surface area contributed by atoms with Gasteiger partial charge in [0, 0.05) is 49.6 Å². The van der Waals surface area contributed by atoms with Gasteiger partial charge in [-0.05, 0) is 18.1 Å². The summed E-state index contributed by atoms with van der Waals surface area (Å²) >= 11 is 0. The quantitative estimate of drug-likeness (QED) is 0.738. The van der Waals surface area contributed by atoms with Crippen molar-refractivity contribution in [2.75, 3.05) is 26.2 Å². The second-order valence-electron chi connectivity index (χ2n) is 8.79. The summed E-state index contributed by atoms with van der Waals surface area (Å²) in [5.74, 6) is 0.384. The van der Waals surface area contributed by atoms with Gasteiger partial charge in [-0.25, -0.2) is 18.4 Å². The summed E-state index contributed by atoms with van der Waals surface area (Å²) in [6.07, 6.45) is 4.71. The fourth-order valence-corrected chi connectivity index (χ4v) is 5.03. The molecule has 1 amide bonds. The zero-order chi connectivity index (χ0) is 22.1. The van der Waals surface area contributed by atoms with Gasteiger partial charge in [-0.2, -0.15) is 4.31 Å². The Balaban J connectivity index is 1.87. The predicted molar refractivity (Wildman–Crippen MR) is 114 cm³/mol. The number of piperazine rings is 1. The fourth-order valence-electron chi connectivity index (χ4n) is 3.38. The fraction of sp³-hybridized carbons (Fsp3) is 0.524. The lowest BCUT2D eigenvalue weighted by molar-refractivity contribution is -0.140. The molecule has 162 valence electrons. The third-order valence-corrected chi connectivity index (χ3v) is 6.95. The first-order chi connectivity index (χ1) is 14.0. The lowest BCUT2D eigenvalue weighted by Gasteiger charge is -2.37. The van der Waals surface area contributed by atoms with Gasteiger partial charge in [0.25, 0.3) is 0 Å². The van der Waals surface area contributed by atoms with Crippen LogP contribution < -0.4 is 0 Å². The maximum Gasteiger partial charge on any atom is 0.246 e. The van der Waals surface area contributed by atoms with Gasteiger partial charge in [-0.1, -0.05) is 34.6 Å². The van der Waals surface area contributed by atoms with E-state index < -0.39 is 15.4 Å². The molecular weight excluding hydrogens is 402 g/mol. The number of hydrogen-bond donors (Lipinski definition) is 0. The highest BCUT2D eigenvalue weighted by atomic mass is 32.2. The Morgan fingerprint density at radius 1 is 1.10 bits per heavy atom. The molecular formula is C21H29N5O3S. The van der Waals surface area contributed by atoms with Crippen molar-refractivity contribution in [3.05, 3.63) is 36.4 Å². The van der Waals surface area contributed by atoms with Crippen molar-refractivity contribution in [2.45, 2.75) is 45.4 Å². The van der Waals surface area contributed by atoms with Crippen LogP contribution in [0.5, 0.6) is 0 Å². The Hall–Kier alpha value is -2.39. The monoisotopic (exact) mass is 431 g/mol. The van der Waals surface area contributed by atoms with E-state index in [9.17, 15) is 13.2 Å². The van der Waals surface area contributed by atoms with Gasteiger partial charge in [0.15, 0.2) is 5.82 Å². The molecule has 0 saturated carbocycles. The van der Waals surface area contributed by atoms with Crippen LogP contribution in [0, 0.1) is 5.41 Å². The first-order valence-corrected chi connectivity index (χ1v) is 11.5. The van der Waals surface area contributed by atoms with Gasteiger partial charge < -0.3 is 4.90 Å². The molecule has 0 atom stereocenters. The highest BCUT2D eigenvalue weighted by molar-refractivity contribution is 7.89. The molecule has 1 fully saturated rings. The van der Waals surface area contributed by atoms with Crippen molar-refractivity contribution in [1.82, 2.24) is 24.2 Å². The number of hydrogen-bond acceptors (Lipinski definition) is 6. The Morgan fingerprint density at radius 2 is 1.77 bits per heavy atom. The van der Waals surface area contributed by atoms with Gasteiger partial charge in [0.05, 0.1) is 11.9 Å². The maximum absolute atomic E-state index is 13.4. The molecule has 1 saturated heterocycles. The van der Waals surface area contributed by atoms with E-state index in [1.165, 1.54) is 10.5 Å². The van der Waals surface area contributed by atoms with Crippen molar-refractivity contribution in [3.8, 4) is 11.4 Å². The summed E-state index contributed by atoms with van der Waals surface area (Å²) in [6.45, 7) is 10.7. The van der Waals surface area contributed by atoms with Crippen LogP contribution in [0.15, 0.2) is 35.6 Å². The van der Waals surface area contributed by atoms with E-state index in [0.29, 0.717) is 24.6 Å². The minimum absolute atomic E-state index is 0.0339. The third kappa shape index (κ3) is 4.52. The van der Waals surface area contributed by atoms with Gasteiger partial charge in [-0.3, -0.25) is 9.78 Å². The topological polar surface area (TPSA) is 96.4 Å². The molecule has 0 aromatic carbocycles. The molecule has 0 radical (unpaired) electrons. The zero-order valence-corrected chi connectivity index (χ0v) is 19.0. The molecule has 3 heterocycles. The van der Waals surface area contributed by atoms with Gasteiger partial charge in [-0.15, -0.1) is 0 Å². The number of aromatic nitrogens is 3. The number of amides is 1. The van der Waals surface area contributed by atoms with Gasteiger partial charge in [0.1, 0.15) is 4.90 Å². The molecule has 0 N–H and O–H groups in total. The summed E-state index contributed by atoms with van der Waals surface area (Å²) in [6, 6.07) is 3.63. The summed E-state index contributed by atoms with van der Waals surface area (Å²) in [5, 5.41) is 0. The van der Waals surface area contributed by atoms with Crippen molar-refractivity contribution >= 4 is 15.9 Å². The van der Waals surface area contributed by atoms with Crippen LogP contribution in [0.25, 0.3) is 11.4 Å². The SMILES string of the molecule is CC(C)c1nc(-c2cccnc2)ncc1S(=O)(=O)N1CCN(C(=O)C(C)(C)C)CC1. The average molecular weight is 432 g/mol. The number of sulfonamides is 1. The molecule has 1 aliphatic heterocycles. The third-order valence-electron chi connectivity index (χ3n) is 5.03. The molecule has 30 heavy (non-hydrogen) atoms. The second-order valence-corrected chi connectivity index (χ2v) is 10.7. The summed E-state index contributed by atoms with van der Waals surface area (Å²) in [4.78, 5) is 27.3. The Morgan fingerprint density at radius 3 is 2.30 bits per heavy atom. The molecule has 0 aliphatic carbocycles. The zero-order valence-electron chi connectivity index (χ0n) is 18.2. The smallest absolute Gasteiger partial charge is 0.246 e. The summed E-state index contributed by atoms with van der Waals surface area (Å²) < 4.78 is 28.2. The molecule has 2 aromatic rings. The van der Waals surface area contributed by atoms with E-state index in [1.807, 2.05) is 40.7 Å². The molecule has 3 rings (SSSR count). The van der Waals surface area contributed by atoms with Gasteiger partial charge in [0.2, 0.25) is 15.9 Å². The first-order valence-electron chi connectivity index (χ1n) is 10.1. The predicted octanol–water partition coefficient (Wildman–Crippen LogP) is 2.54. The minimum Gasteiger partial charge on any atom is -0.340 e. The van der Waals surface area contributed by atoms with E-state index in [1.54, 1.807) is 23.4 Å². The number of nitrogens with zero attached hydrogens (tertiary/aromatic N) is 5. The summed E-state index contributed by atoms with van der Waals surface area (Å²) in [5.41, 5.74) is 0.733. The van der Waals surface area contributed by atoms with Crippen molar-refractivity contribution in [2.24, 2.45) is 5.41 Å². The van der Waals surface area contributed by atoms with E-state index in [4.69, 9.17) is 0 Å². The van der Waals surface area contributed by atoms with Crippen LogP contribution in [0.1, 0.15) is 46.2 Å². The van der Waals surface area contributed by atoms with E-state index in [-0.39, 0.29) is 29.8 Å². The largest absolute Gasteiger partial charge is 0.340 e. The maximum atomic E-state index is 13.4. The van der Waals surface area contributed by atoms with Gasteiger partial charge >= 0.3 is 0 Å². The van der Waals surface area contributed by atoms with E-state index in [0.717, 1.165) is 5.56 Å². The standard InChI is InChI=1S/C21H29N5O3S/c1-15(2)18-17(14-23-19(24-18)16-7-6-8-22-13-16)30(28,29)26-11-9-25(10-12-26)20(27)21(3,4)5/h6-8,13-15H,9-12H2,1-5H3. The highest BCUT2D eigenvalue weighted by Gasteiger charge is 2.35. The molecule has 8 nitrogen and oxygen atoms in total. The molecule has 2 aromatic heterocycles. The molecule has 1 aliphatic rings. The normalized spacial score (nSPS) is 16.1. The Kier molecular flexibility index (Phi) is 6.24. The van der Waals surface area contributed by atoms with Crippen LogP contribution >= 0.6 is 0 Å². The molecule has 0 spiro atoms. The molecule has 0 unspecified atom stereocenters. The lowest BCUT2D eigenvalue weighted by Crippen LogP contribution is -2.53. The van der Waals surface area contributed by atoms with E-state index >= 15 is 0 Å². The van der Waals surface area contributed by atoms with Crippen LogP contribution in [0.3, 0.4) is 0 Å². The van der Waals surface area contributed by atoms with Crippen LogP contribution in [0.2, 0.25) is 0 Å². The van der Waals surface area contributed by atoms with Crippen molar-refractivity contribution in [1.29, 1.82) is 0 Å². The highest BCUT2D eigenvalue weighted by Crippen LogP contribution is 2.28. The Bertz CT molecular complexity index is 1010. The summed E-state index contributed by atoms with van der Waals surface area (Å²) in [7, 11) is -3.77. The number of pyridine rings is 1. The van der Waals surface area contributed by atoms with E-state index in [2.05, 4.69) is 15.0 Å². The molecule has 9 heteroatoms. The molecule has 0 bridgehead atoms. The van der Waals surface area contributed by atoms with Crippen LogP contribution in [-0.2, 0) is 14.8 Å².